The zero-order valence-electron chi connectivity index (χ0n) is 12.6. The van der Waals surface area contributed by atoms with Crippen molar-refractivity contribution in [2.45, 2.75) is 24.1 Å². The molecule has 2 heterocycles. The maximum atomic E-state index is 12.4. The van der Waals surface area contributed by atoms with Crippen molar-refractivity contribution < 1.29 is 13.7 Å². The summed E-state index contributed by atoms with van der Waals surface area (Å²) in [5.74, 6) is 2.01. The Balaban J connectivity index is 1.65. The molecule has 3 rings (SSSR count). The van der Waals surface area contributed by atoms with Gasteiger partial charge in [0.15, 0.2) is 0 Å². The number of hydrogen-bond donors (Lipinski definition) is 1. The van der Waals surface area contributed by atoms with Gasteiger partial charge in [0.25, 0.3) is 5.91 Å². The predicted octanol–water partition coefficient (Wildman–Crippen LogP) is 3.80. The lowest BCUT2D eigenvalue weighted by molar-refractivity contribution is 0.0945. The number of furan rings is 1. The molecular formula is C17H16N2O3S. The van der Waals surface area contributed by atoms with E-state index in [2.05, 4.69) is 10.5 Å². The molecule has 0 aliphatic carbocycles. The topological polar surface area (TPSA) is 68.3 Å². The Bertz CT molecular complexity index is 781. The van der Waals surface area contributed by atoms with Crippen LogP contribution >= 0.6 is 11.8 Å². The van der Waals surface area contributed by atoms with Gasteiger partial charge in [0.05, 0.1) is 29.8 Å². The number of nitrogens with one attached hydrogen (secondary N) is 1. The average Bonchev–Trinajstić information content (AvgIpc) is 3.22. The normalized spacial score (nSPS) is 10.7. The Labute approximate surface area is 138 Å². The van der Waals surface area contributed by atoms with E-state index in [-0.39, 0.29) is 5.91 Å². The van der Waals surface area contributed by atoms with Crippen LogP contribution in [0.1, 0.15) is 27.6 Å². The maximum absolute atomic E-state index is 12.4. The lowest BCUT2D eigenvalue weighted by Crippen LogP contribution is -2.23. The number of carbonyl (C=O) groups is 1. The van der Waals surface area contributed by atoms with Gasteiger partial charge in [-0.25, -0.2) is 0 Å². The molecule has 0 saturated carbocycles. The second-order valence-corrected chi connectivity index (χ2v) is 6.00. The van der Waals surface area contributed by atoms with Gasteiger partial charge in [-0.15, -0.1) is 11.8 Å². The summed E-state index contributed by atoms with van der Waals surface area (Å²) in [4.78, 5) is 13.3. The first-order valence-corrected chi connectivity index (χ1v) is 8.15. The molecule has 0 fully saturated rings. The molecule has 3 aromatic rings. The second-order valence-electron chi connectivity index (χ2n) is 4.98. The van der Waals surface area contributed by atoms with Crippen molar-refractivity contribution in [2.24, 2.45) is 0 Å². The summed E-state index contributed by atoms with van der Waals surface area (Å²) >= 11 is 1.55. The Hall–Kier alpha value is -2.47. The third-order valence-electron chi connectivity index (χ3n) is 3.18. The quantitative estimate of drug-likeness (QED) is 0.697. The van der Waals surface area contributed by atoms with E-state index in [1.165, 1.54) is 0 Å². The van der Waals surface area contributed by atoms with Gasteiger partial charge in [0.1, 0.15) is 11.5 Å². The molecule has 118 valence electrons. The Morgan fingerprint density at radius 1 is 1.22 bits per heavy atom. The molecular weight excluding hydrogens is 312 g/mol. The number of hydrogen-bond acceptors (Lipinski definition) is 5. The van der Waals surface area contributed by atoms with Crippen molar-refractivity contribution >= 4 is 17.7 Å². The zero-order chi connectivity index (χ0) is 16.1. The fraction of sp³-hybridized carbons (Fsp3) is 0.176. The van der Waals surface area contributed by atoms with E-state index in [0.29, 0.717) is 17.9 Å². The molecule has 0 spiro atoms. The summed E-state index contributed by atoms with van der Waals surface area (Å²) < 4.78 is 10.4. The SMILES string of the molecule is Cc1cc(CSc2ccccc2C(=O)NCc2ccco2)on1. The molecule has 2 aromatic heterocycles. The molecule has 0 atom stereocenters. The van der Waals surface area contributed by atoms with Gasteiger partial charge in [0, 0.05) is 11.0 Å². The predicted molar refractivity (Wildman–Crippen MR) is 87.1 cm³/mol. The van der Waals surface area contributed by atoms with Gasteiger partial charge in [-0.05, 0) is 31.2 Å². The first kappa shape index (κ1) is 15.4. The summed E-state index contributed by atoms with van der Waals surface area (Å²) in [5.41, 5.74) is 1.49. The molecule has 1 amide bonds. The van der Waals surface area contributed by atoms with E-state index in [1.807, 2.05) is 43.3 Å². The van der Waals surface area contributed by atoms with E-state index >= 15 is 0 Å². The van der Waals surface area contributed by atoms with Crippen LogP contribution < -0.4 is 5.32 Å². The smallest absolute Gasteiger partial charge is 0.252 e. The number of rotatable bonds is 6. The minimum atomic E-state index is -0.127. The number of thioether (sulfide) groups is 1. The fourth-order valence-electron chi connectivity index (χ4n) is 2.09. The van der Waals surface area contributed by atoms with Crippen LogP contribution in [0.5, 0.6) is 0 Å². The fourth-order valence-corrected chi connectivity index (χ4v) is 3.01. The van der Waals surface area contributed by atoms with Crippen LogP contribution in [0.2, 0.25) is 0 Å². The molecule has 0 aliphatic rings. The number of amides is 1. The summed E-state index contributed by atoms with van der Waals surface area (Å²) in [5, 5.41) is 6.73. The van der Waals surface area contributed by atoms with Gasteiger partial charge in [0.2, 0.25) is 0 Å². The van der Waals surface area contributed by atoms with Gasteiger partial charge < -0.3 is 14.3 Å². The highest BCUT2D eigenvalue weighted by Gasteiger charge is 2.12. The van der Waals surface area contributed by atoms with Crippen molar-refractivity contribution in [1.82, 2.24) is 10.5 Å². The molecule has 0 saturated heterocycles. The molecule has 0 unspecified atom stereocenters. The Morgan fingerprint density at radius 2 is 2.09 bits per heavy atom. The van der Waals surface area contributed by atoms with Gasteiger partial charge in [-0.3, -0.25) is 4.79 Å². The van der Waals surface area contributed by atoms with Gasteiger partial charge >= 0.3 is 0 Å². The van der Waals surface area contributed by atoms with Crippen molar-refractivity contribution in [3.8, 4) is 0 Å². The Morgan fingerprint density at radius 3 is 2.83 bits per heavy atom. The van der Waals surface area contributed by atoms with Crippen molar-refractivity contribution in [1.29, 1.82) is 0 Å². The monoisotopic (exact) mass is 328 g/mol. The first-order valence-electron chi connectivity index (χ1n) is 7.17. The van der Waals surface area contributed by atoms with Crippen LogP contribution in [-0.4, -0.2) is 11.1 Å². The second kappa shape index (κ2) is 7.19. The average molecular weight is 328 g/mol. The first-order chi connectivity index (χ1) is 11.2. The Kier molecular flexibility index (Phi) is 4.83. The lowest BCUT2D eigenvalue weighted by Gasteiger charge is -2.08. The maximum Gasteiger partial charge on any atom is 0.252 e. The molecule has 23 heavy (non-hydrogen) atoms. The molecule has 0 aliphatic heterocycles. The number of benzene rings is 1. The third-order valence-corrected chi connectivity index (χ3v) is 4.28. The van der Waals surface area contributed by atoms with Crippen LogP contribution in [0, 0.1) is 6.92 Å². The van der Waals surface area contributed by atoms with Crippen molar-refractivity contribution in [3.63, 3.8) is 0 Å². The minimum Gasteiger partial charge on any atom is -0.467 e. The highest BCUT2D eigenvalue weighted by atomic mass is 32.2. The molecule has 0 bridgehead atoms. The van der Waals surface area contributed by atoms with Gasteiger partial charge in [-0.2, -0.15) is 0 Å². The summed E-state index contributed by atoms with van der Waals surface area (Å²) in [6.45, 7) is 2.25. The standard InChI is InChI=1S/C17H16N2O3S/c1-12-9-14(22-19-12)11-23-16-7-3-2-6-15(16)17(20)18-10-13-5-4-8-21-13/h2-9H,10-11H2,1H3,(H,18,20). The van der Waals surface area contributed by atoms with E-state index < -0.39 is 0 Å². The van der Waals surface area contributed by atoms with E-state index in [1.54, 1.807) is 24.1 Å². The van der Waals surface area contributed by atoms with Crippen molar-refractivity contribution in [2.75, 3.05) is 0 Å². The van der Waals surface area contributed by atoms with Gasteiger partial charge in [-0.1, -0.05) is 17.3 Å². The van der Waals surface area contributed by atoms with E-state index in [0.717, 1.165) is 22.1 Å². The molecule has 1 aromatic carbocycles. The highest BCUT2D eigenvalue weighted by molar-refractivity contribution is 7.98. The summed E-state index contributed by atoms with van der Waals surface area (Å²) in [6, 6.07) is 13.0. The molecule has 0 radical (unpaired) electrons. The molecule has 5 nitrogen and oxygen atoms in total. The van der Waals surface area contributed by atoms with Crippen LogP contribution in [0.25, 0.3) is 0 Å². The number of aryl methyl sites for hydroxylation is 1. The largest absolute Gasteiger partial charge is 0.467 e. The number of nitrogens with zero attached hydrogens (tertiary/aromatic N) is 1. The van der Waals surface area contributed by atoms with Crippen molar-refractivity contribution in [3.05, 3.63) is 71.5 Å². The van der Waals surface area contributed by atoms with Crippen LogP contribution in [0.3, 0.4) is 0 Å². The molecule has 6 heteroatoms. The molecule has 1 N–H and O–H groups in total. The van der Waals surface area contributed by atoms with E-state index in [9.17, 15) is 4.79 Å². The lowest BCUT2D eigenvalue weighted by atomic mass is 10.2. The van der Waals surface area contributed by atoms with Crippen LogP contribution in [0.4, 0.5) is 0 Å². The van der Waals surface area contributed by atoms with Crippen LogP contribution in [0.15, 0.2) is 62.6 Å². The van der Waals surface area contributed by atoms with Crippen LogP contribution in [-0.2, 0) is 12.3 Å². The zero-order valence-corrected chi connectivity index (χ0v) is 13.4. The minimum absolute atomic E-state index is 0.127. The summed E-state index contributed by atoms with van der Waals surface area (Å²) in [6.07, 6.45) is 1.59. The number of aromatic nitrogens is 1. The highest BCUT2D eigenvalue weighted by Crippen LogP contribution is 2.26. The van der Waals surface area contributed by atoms with E-state index in [4.69, 9.17) is 8.94 Å². The third kappa shape index (κ3) is 4.04. The summed E-state index contributed by atoms with van der Waals surface area (Å²) in [7, 11) is 0. The number of carbonyl (C=O) groups excluding carboxylic acids is 1.